The topological polar surface area (TPSA) is 80.7 Å². The molecule has 0 spiro atoms. The summed E-state index contributed by atoms with van der Waals surface area (Å²) < 4.78 is 11.0. The van der Waals surface area contributed by atoms with Crippen molar-refractivity contribution in [3.8, 4) is 0 Å². The molecule has 6 heteroatoms. The fraction of sp³-hybridized carbons (Fsp3) is 0.615. The minimum absolute atomic E-state index is 0.278. The van der Waals surface area contributed by atoms with Gasteiger partial charge in [-0.3, -0.25) is 15.1 Å². The molecule has 2 rings (SSSR count). The van der Waals surface area contributed by atoms with Crippen LogP contribution in [0.3, 0.4) is 0 Å². The number of carbonyl (C=O) groups excluding carboxylic acids is 1. The molecule has 6 nitrogen and oxygen atoms in total. The average molecular weight is 267 g/mol. The van der Waals surface area contributed by atoms with Crippen LogP contribution in [-0.2, 0) is 11.3 Å². The van der Waals surface area contributed by atoms with Gasteiger partial charge in [0.2, 0.25) is 0 Å². The highest BCUT2D eigenvalue weighted by Crippen LogP contribution is 2.16. The molecular weight excluding hydrogens is 246 g/mol. The minimum atomic E-state index is -0.328. The number of carbonyl (C=O) groups is 1. The zero-order chi connectivity index (χ0) is 13.7. The number of hydrogen-bond donors (Lipinski definition) is 2. The smallest absolute Gasteiger partial charge is 0.268 e. The van der Waals surface area contributed by atoms with Gasteiger partial charge in [-0.1, -0.05) is 0 Å². The van der Waals surface area contributed by atoms with Gasteiger partial charge < -0.3 is 9.15 Å². The lowest BCUT2D eigenvalue weighted by Gasteiger charge is -2.27. The van der Waals surface area contributed by atoms with Crippen molar-refractivity contribution in [3.05, 3.63) is 23.7 Å². The van der Waals surface area contributed by atoms with E-state index in [1.807, 2.05) is 7.05 Å². The van der Waals surface area contributed by atoms with Crippen molar-refractivity contribution < 1.29 is 13.9 Å². The Balaban J connectivity index is 1.89. The molecule has 2 heterocycles. The van der Waals surface area contributed by atoms with Gasteiger partial charge in [0.05, 0.1) is 24.5 Å². The van der Waals surface area contributed by atoms with Gasteiger partial charge in [-0.2, -0.15) is 0 Å². The normalized spacial score (nSPS) is 19.6. The van der Waals surface area contributed by atoms with Crippen LogP contribution in [0.5, 0.6) is 0 Å². The van der Waals surface area contributed by atoms with Crippen molar-refractivity contribution in [2.45, 2.75) is 31.9 Å². The Labute approximate surface area is 112 Å². The molecule has 1 fully saturated rings. The Morgan fingerprint density at radius 2 is 2.42 bits per heavy atom. The predicted molar refractivity (Wildman–Crippen MR) is 70.3 cm³/mol. The molecule has 1 aromatic heterocycles. The van der Waals surface area contributed by atoms with E-state index in [0.29, 0.717) is 17.9 Å². The van der Waals surface area contributed by atoms with E-state index in [1.165, 1.54) is 12.7 Å². The van der Waals surface area contributed by atoms with Gasteiger partial charge in [0.1, 0.15) is 5.76 Å². The largest absolute Gasteiger partial charge is 0.467 e. The molecule has 3 N–H and O–H groups in total. The van der Waals surface area contributed by atoms with Crippen LogP contribution in [-0.4, -0.2) is 37.1 Å². The molecule has 1 aliphatic heterocycles. The second kappa shape index (κ2) is 6.70. The van der Waals surface area contributed by atoms with Crippen molar-refractivity contribution >= 4 is 5.91 Å². The van der Waals surface area contributed by atoms with E-state index in [4.69, 9.17) is 15.0 Å². The molecule has 1 aliphatic rings. The van der Waals surface area contributed by atoms with Crippen LogP contribution in [0, 0.1) is 0 Å². The van der Waals surface area contributed by atoms with E-state index in [-0.39, 0.29) is 12.0 Å². The first-order chi connectivity index (χ1) is 9.20. The van der Waals surface area contributed by atoms with Gasteiger partial charge in [-0.05, 0) is 32.4 Å². The Bertz CT molecular complexity index is 413. The molecule has 0 bridgehead atoms. The number of furan rings is 1. The highest BCUT2D eigenvalue weighted by atomic mass is 16.5. The number of nitrogens with one attached hydrogen (secondary N) is 1. The van der Waals surface area contributed by atoms with E-state index in [1.54, 1.807) is 6.07 Å². The van der Waals surface area contributed by atoms with E-state index in [2.05, 4.69) is 10.3 Å². The second-order valence-electron chi connectivity index (χ2n) is 4.92. The monoisotopic (exact) mass is 267 g/mol. The number of nitrogen functional groups attached to an aromatic ring is 1. The first kappa shape index (κ1) is 14.0. The molecule has 1 unspecified atom stereocenters. The molecule has 0 saturated carbocycles. The predicted octanol–water partition coefficient (Wildman–Crippen LogP) is 0.884. The third kappa shape index (κ3) is 3.79. The van der Waals surface area contributed by atoms with E-state index in [0.717, 1.165) is 26.0 Å². The molecule has 1 saturated heterocycles. The Morgan fingerprint density at radius 3 is 3.11 bits per heavy atom. The maximum Gasteiger partial charge on any atom is 0.268 e. The highest BCUT2D eigenvalue weighted by molar-refractivity contribution is 5.94. The number of ether oxygens (including phenoxy) is 1. The summed E-state index contributed by atoms with van der Waals surface area (Å²) in [7, 11) is 1.99. The maximum atomic E-state index is 11.5. The molecular formula is C13H21N3O3. The van der Waals surface area contributed by atoms with E-state index < -0.39 is 0 Å². The number of hydrazine groups is 1. The average Bonchev–Trinajstić information content (AvgIpc) is 2.87. The molecule has 106 valence electrons. The summed E-state index contributed by atoms with van der Waals surface area (Å²) in [6.07, 6.45) is 5.25. The SMILES string of the molecule is CN(Cc1occc1C(=O)NN)CC1CCCCO1. The molecule has 0 aliphatic carbocycles. The highest BCUT2D eigenvalue weighted by Gasteiger charge is 2.19. The third-order valence-electron chi connectivity index (χ3n) is 3.32. The van der Waals surface area contributed by atoms with Crippen LogP contribution in [0.25, 0.3) is 0 Å². The molecule has 0 aromatic carbocycles. The fourth-order valence-electron chi connectivity index (χ4n) is 2.35. The van der Waals surface area contributed by atoms with Crippen LogP contribution < -0.4 is 11.3 Å². The van der Waals surface area contributed by atoms with Crippen LogP contribution >= 0.6 is 0 Å². The van der Waals surface area contributed by atoms with Gasteiger partial charge in [-0.25, -0.2) is 5.84 Å². The zero-order valence-electron chi connectivity index (χ0n) is 11.2. The van der Waals surface area contributed by atoms with Crippen LogP contribution in [0.2, 0.25) is 0 Å². The summed E-state index contributed by atoms with van der Waals surface area (Å²) in [6, 6.07) is 1.63. The third-order valence-corrected chi connectivity index (χ3v) is 3.32. The summed E-state index contributed by atoms with van der Waals surface area (Å²) >= 11 is 0. The molecule has 0 radical (unpaired) electrons. The van der Waals surface area contributed by atoms with Crippen LogP contribution in [0.1, 0.15) is 35.4 Å². The lowest BCUT2D eigenvalue weighted by atomic mass is 10.1. The van der Waals surface area contributed by atoms with Gasteiger partial charge >= 0.3 is 0 Å². The van der Waals surface area contributed by atoms with Gasteiger partial charge in [0.25, 0.3) is 5.91 Å². The van der Waals surface area contributed by atoms with Crippen molar-refractivity contribution in [3.63, 3.8) is 0 Å². The Kier molecular flexibility index (Phi) is 4.95. The number of rotatable bonds is 5. The first-order valence-electron chi connectivity index (χ1n) is 6.58. The number of nitrogens with two attached hydrogens (primary N) is 1. The number of amides is 1. The van der Waals surface area contributed by atoms with Crippen molar-refractivity contribution in [1.82, 2.24) is 10.3 Å². The van der Waals surface area contributed by atoms with E-state index in [9.17, 15) is 4.79 Å². The summed E-state index contributed by atoms with van der Waals surface area (Å²) in [5, 5.41) is 0. The van der Waals surface area contributed by atoms with Gasteiger partial charge in [0, 0.05) is 13.2 Å². The Hall–Kier alpha value is -1.37. The first-order valence-corrected chi connectivity index (χ1v) is 6.58. The Morgan fingerprint density at radius 1 is 1.58 bits per heavy atom. The lowest BCUT2D eigenvalue weighted by Crippen LogP contribution is -2.34. The van der Waals surface area contributed by atoms with Crippen LogP contribution in [0.15, 0.2) is 16.7 Å². The van der Waals surface area contributed by atoms with Crippen molar-refractivity contribution in [2.24, 2.45) is 5.84 Å². The second-order valence-corrected chi connectivity index (χ2v) is 4.92. The fourth-order valence-corrected chi connectivity index (χ4v) is 2.35. The van der Waals surface area contributed by atoms with Gasteiger partial charge in [0.15, 0.2) is 0 Å². The summed E-state index contributed by atoms with van der Waals surface area (Å²) in [6.45, 7) is 2.25. The van der Waals surface area contributed by atoms with Gasteiger partial charge in [-0.15, -0.1) is 0 Å². The summed E-state index contributed by atoms with van der Waals surface area (Å²) in [5.41, 5.74) is 2.61. The van der Waals surface area contributed by atoms with Crippen molar-refractivity contribution in [1.29, 1.82) is 0 Å². The number of nitrogens with zero attached hydrogens (tertiary/aromatic N) is 1. The van der Waals surface area contributed by atoms with Crippen LogP contribution in [0.4, 0.5) is 0 Å². The molecule has 1 amide bonds. The lowest BCUT2D eigenvalue weighted by molar-refractivity contribution is -0.00341. The maximum absolute atomic E-state index is 11.5. The molecule has 19 heavy (non-hydrogen) atoms. The standard InChI is InChI=1S/C13H21N3O3/c1-16(8-10-4-2-3-6-18-10)9-12-11(5-7-19-12)13(17)15-14/h5,7,10H,2-4,6,8-9,14H2,1H3,(H,15,17). The minimum Gasteiger partial charge on any atom is -0.467 e. The quantitative estimate of drug-likeness (QED) is 0.470. The zero-order valence-corrected chi connectivity index (χ0v) is 11.2. The number of hydrogen-bond acceptors (Lipinski definition) is 5. The molecule has 1 atom stereocenters. The molecule has 1 aromatic rings. The summed E-state index contributed by atoms with van der Waals surface area (Å²) in [4.78, 5) is 13.6. The summed E-state index contributed by atoms with van der Waals surface area (Å²) in [5.74, 6) is 5.44. The van der Waals surface area contributed by atoms with E-state index >= 15 is 0 Å². The van der Waals surface area contributed by atoms with Crippen molar-refractivity contribution in [2.75, 3.05) is 20.2 Å². The number of likely N-dealkylation sites (N-methyl/N-ethyl adjacent to an activating group) is 1.